The van der Waals surface area contributed by atoms with Gasteiger partial charge in [-0.2, -0.15) is 0 Å². The Hall–Kier alpha value is -1.51. The normalized spacial score (nSPS) is 13.9. The molecule has 0 aromatic heterocycles. The summed E-state index contributed by atoms with van der Waals surface area (Å²) in [5.74, 6) is 0.0883. The molecule has 3 nitrogen and oxygen atoms in total. The Kier molecular flexibility index (Phi) is 5.20. The van der Waals surface area contributed by atoms with Gasteiger partial charge in [-0.15, -0.1) is 0 Å². The zero-order valence-electron chi connectivity index (χ0n) is 11.4. The van der Waals surface area contributed by atoms with Crippen molar-refractivity contribution in [3.05, 3.63) is 29.8 Å². The smallest absolute Gasteiger partial charge is 0.303 e. The Bertz CT molecular complexity index is 400. The van der Waals surface area contributed by atoms with Gasteiger partial charge >= 0.3 is 5.97 Å². The number of benzene rings is 1. The summed E-state index contributed by atoms with van der Waals surface area (Å²) < 4.78 is 5.24. The molecule has 0 aliphatic heterocycles. The second-order valence-electron chi connectivity index (χ2n) is 4.94. The summed E-state index contributed by atoms with van der Waals surface area (Å²) in [6.07, 6.45) is 2.87. The number of carboxylic acid groups (broad SMARTS) is 1. The van der Waals surface area contributed by atoms with Crippen LogP contribution in [0, 0.1) is 0 Å². The van der Waals surface area contributed by atoms with Crippen molar-refractivity contribution >= 4 is 5.97 Å². The highest BCUT2D eigenvalue weighted by Crippen LogP contribution is 2.35. The van der Waals surface area contributed by atoms with E-state index >= 15 is 0 Å². The fraction of sp³-hybridized carbons (Fsp3) is 0.533. The molecule has 0 heterocycles. The summed E-state index contributed by atoms with van der Waals surface area (Å²) in [6.45, 7) is 4.26. The van der Waals surface area contributed by atoms with E-state index in [1.165, 1.54) is 0 Å². The number of hydrogen-bond acceptors (Lipinski definition) is 2. The lowest BCUT2D eigenvalue weighted by molar-refractivity contribution is -0.137. The molecule has 0 spiro atoms. The van der Waals surface area contributed by atoms with Gasteiger partial charge in [0.1, 0.15) is 5.75 Å². The molecule has 0 bridgehead atoms. The minimum Gasteiger partial charge on any atom is -0.497 e. The fourth-order valence-electron chi connectivity index (χ4n) is 2.35. The minimum atomic E-state index is -0.736. The van der Waals surface area contributed by atoms with E-state index in [9.17, 15) is 4.79 Å². The lowest BCUT2D eigenvalue weighted by atomic mass is 9.75. The number of hydrogen-bond donors (Lipinski definition) is 1. The molecule has 1 rings (SSSR count). The molecular formula is C15H22O3. The van der Waals surface area contributed by atoms with E-state index in [0.29, 0.717) is 6.42 Å². The molecule has 1 atom stereocenters. The van der Waals surface area contributed by atoms with Gasteiger partial charge in [-0.3, -0.25) is 4.79 Å². The van der Waals surface area contributed by atoms with Gasteiger partial charge < -0.3 is 9.84 Å². The van der Waals surface area contributed by atoms with Crippen molar-refractivity contribution in [1.29, 1.82) is 0 Å². The molecule has 1 unspecified atom stereocenters. The molecule has 0 aliphatic carbocycles. The first-order valence-electron chi connectivity index (χ1n) is 6.38. The topological polar surface area (TPSA) is 46.5 Å². The Balaban J connectivity index is 2.97. The van der Waals surface area contributed by atoms with Crippen molar-refractivity contribution in [3.63, 3.8) is 0 Å². The lowest BCUT2D eigenvalue weighted by Crippen LogP contribution is -2.23. The molecule has 100 valence electrons. The Labute approximate surface area is 109 Å². The highest BCUT2D eigenvalue weighted by molar-refractivity contribution is 5.66. The first kappa shape index (κ1) is 14.6. The van der Waals surface area contributed by atoms with Gasteiger partial charge in [-0.05, 0) is 36.0 Å². The van der Waals surface area contributed by atoms with Crippen molar-refractivity contribution in [3.8, 4) is 5.75 Å². The summed E-state index contributed by atoms with van der Waals surface area (Å²) in [6, 6.07) is 7.94. The average Bonchev–Trinajstić information content (AvgIpc) is 2.37. The first-order chi connectivity index (χ1) is 8.51. The van der Waals surface area contributed by atoms with E-state index in [4.69, 9.17) is 9.84 Å². The Morgan fingerprint density at radius 1 is 1.39 bits per heavy atom. The SMILES string of the molecule is CCCC(C)(CCC(=O)O)c1cccc(OC)c1. The van der Waals surface area contributed by atoms with Gasteiger partial charge in [-0.1, -0.05) is 32.4 Å². The average molecular weight is 250 g/mol. The highest BCUT2D eigenvalue weighted by Gasteiger charge is 2.26. The van der Waals surface area contributed by atoms with Crippen LogP contribution in [0.25, 0.3) is 0 Å². The van der Waals surface area contributed by atoms with E-state index in [-0.39, 0.29) is 11.8 Å². The molecule has 0 amide bonds. The van der Waals surface area contributed by atoms with Gasteiger partial charge in [0, 0.05) is 6.42 Å². The van der Waals surface area contributed by atoms with Crippen LogP contribution in [0.3, 0.4) is 0 Å². The third-order valence-corrected chi connectivity index (χ3v) is 3.46. The zero-order chi connectivity index (χ0) is 13.6. The van der Waals surface area contributed by atoms with Crippen LogP contribution in [-0.4, -0.2) is 18.2 Å². The van der Waals surface area contributed by atoms with E-state index in [1.54, 1.807) is 7.11 Å². The standard InChI is InChI=1S/C15H22O3/c1-4-9-15(2,10-8-14(16)17)12-6-5-7-13(11-12)18-3/h5-7,11H,4,8-10H2,1-3H3,(H,16,17). The summed E-state index contributed by atoms with van der Waals surface area (Å²) in [7, 11) is 1.65. The van der Waals surface area contributed by atoms with E-state index in [2.05, 4.69) is 19.9 Å². The predicted molar refractivity (Wildman–Crippen MR) is 72.1 cm³/mol. The summed E-state index contributed by atoms with van der Waals surface area (Å²) in [5.41, 5.74) is 1.06. The summed E-state index contributed by atoms with van der Waals surface area (Å²) >= 11 is 0. The van der Waals surface area contributed by atoms with Crippen molar-refractivity contribution < 1.29 is 14.6 Å². The molecular weight excluding hydrogens is 228 g/mol. The monoisotopic (exact) mass is 250 g/mol. The van der Waals surface area contributed by atoms with Gasteiger partial charge in [-0.25, -0.2) is 0 Å². The fourth-order valence-corrected chi connectivity index (χ4v) is 2.35. The number of carbonyl (C=O) groups is 1. The van der Waals surface area contributed by atoms with Crippen LogP contribution in [0.5, 0.6) is 5.75 Å². The molecule has 0 radical (unpaired) electrons. The highest BCUT2D eigenvalue weighted by atomic mass is 16.5. The lowest BCUT2D eigenvalue weighted by Gasteiger charge is -2.30. The van der Waals surface area contributed by atoms with Gasteiger partial charge in [0.15, 0.2) is 0 Å². The van der Waals surface area contributed by atoms with Crippen LogP contribution < -0.4 is 4.74 Å². The maximum atomic E-state index is 10.8. The molecule has 18 heavy (non-hydrogen) atoms. The quantitative estimate of drug-likeness (QED) is 0.804. The first-order valence-corrected chi connectivity index (χ1v) is 6.38. The largest absolute Gasteiger partial charge is 0.497 e. The Morgan fingerprint density at radius 3 is 2.67 bits per heavy atom. The number of aliphatic carboxylic acids is 1. The van der Waals surface area contributed by atoms with Gasteiger partial charge in [0.05, 0.1) is 7.11 Å². The molecule has 0 saturated carbocycles. The molecule has 0 saturated heterocycles. The summed E-state index contributed by atoms with van der Waals surface area (Å²) in [5, 5.41) is 8.87. The van der Waals surface area contributed by atoms with Gasteiger partial charge in [0.25, 0.3) is 0 Å². The second-order valence-corrected chi connectivity index (χ2v) is 4.94. The van der Waals surface area contributed by atoms with E-state index in [0.717, 1.165) is 24.2 Å². The minimum absolute atomic E-state index is 0.0956. The van der Waals surface area contributed by atoms with Crippen LogP contribution in [0.1, 0.15) is 45.1 Å². The number of methoxy groups -OCH3 is 1. The predicted octanol–water partition coefficient (Wildman–Crippen LogP) is 3.62. The number of rotatable bonds is 7. The van der Waals surface area contributed by atoms with Gasteiger partial charge in [0.2, 0.25) is 0 Å². The van der Waals surface area contributed by atoms with Crippen LogP contribution >= 0.6 is 0 Å². The maximum Gasteiger partial charge on any atom is 0.303 e. The van der Waals surface area contributed by atoms with Crippen LogP contribution in [0.4, 0.5) is 0 Å². The van der Waals surface area contributed by atoms with Crippen LogP contribution in [-0.2, 0) is 10.2 Å². The van der Waals surface area contributed by atoms with E-state index in [1.807, 2.05) is 18.2 Å². The molecule has 1 aromatic rings. The van der Waals surface area contributed by atoms with Crippen molar-refractivity contribution in [2.24, 2.45) is 0 Å². The molecule has 1 aromatic carbocycles. The van der Waals surface area contributed by atoms with Crippen LogP contribution in [0.15, 0.2) is 24.3 Å². The number of carboxylic acids is 1. The summed E-state index contributed by atoms with van der Waals surface area (Å²) in [4.78, 5) is 10.8. The third kappa shape index (κ3) is 3.76. The molecule has 0 fully saturated rings. The number of ether oxygens (including phenoxy) is 1. The van der Waals surface area contributed by atoms with Crippen molar-refractivity contribution in [1.82, 2.24) is 0 Å². The molecule has 1 N–H and O–H groups in total. The van der Waals surface area contributed by atoms with Crippen molar-refractivity contribution in [2.75, 3.05) is 7.11 Å². The molecule has 3 heteroatoms. The third-order valence-electron chi connectivity index (χ3n) is 3.46. The Morgan fingerprint density at radius 2 is 2.11 bits per heavy atom. The maximum absolute atomic E-state index is 10.8. The van der Waals surface area contributed by atoms with E-state index < -0.39 is 5.97 Å². The van der Waals surface area contributed by atoms with Crippen molar-refractivity contribution in [2.45, 2.75) is 44.9 Å². The van der Waals surface area contributed by atoms with Crippen LogP contribution in [0.2, 0.25) is 0 Å². The second kappa shape index (κ2) is 6.43. The zero-order valence-corrected chi connectivity index (χ0v) is 11.4. The molecule has 0 aliphatic rings.